The van der Waals surface area contributed by atoms with Gasteiger partial charge >= 0.3 is 0 Å². The van der Waals surface area contributed by atoms with Gasteiger partial charge in [-0.05, 0) is 41.1 Å². The molecule has 0 saturated carbocycles. The molecule has 0 unspecified atom stereocenters. The number of anilines is 1. The van der Waals surface area contributed by atoms with E-state index < -0.39 is 0 Å². The molecule has 1 aromatic heterocycles. The Balaban J connectivity index is 0.00000161. The lowest BCUT2D eigenvalue weighted by atomic mass is 9.87. The minimum atomic E-state index is 0.129. The van der Waals surface area contributed by atoms with E-state index >= 15 is 0 Å². The van der Waals surface area contributed by atoms with Crippen LogP contribution in [0.1, 0.15) is 52.3 Å². The van der Waals surface area contributed by atoms with E-state index in [1.807, 2.05) is 18.0 Å². The Morgan fingerprint density at radius 2 is 1.84 bits per heavy atom. The summed E-state index contributed by atoms with van der Waals surface area (Å²) in [7, 11) is 5.25. The summed E-state index contributed by atoms with van der Waals surface area (Å²) in [6, 6.07) is 10.4. The standard InChI is InChI=1S/C22H29ClN4OS.C3H8/c1-15(27(6)20(24-5)14-28-7)21-19(12-17(23)13-25-21)26-29-18-10-8-16(9-11-18)22(2,3)4;1-3-2/h8-13,26H,1,14H2,2-7H3;3H2,1-2H3. The molecule has 0 bridgehead atoms. The molecule has 0 aliphatic rings. The number of nitrogens with zero attached hydrogens (tertiary/aromatic N) is 3. The summed E-state index contributed by atoms with van der Waals surface area (Å²) in [5.74, 6) is 0.755. The third-order valence-electron chi connectivity index (χ3n) is 4.45. The molecule has 176 valence electrons. The van der Waals surface area contributed by atoms with E-state index in [1.165, 1.54) is 23.9 Å². The van der Waals surface area contributed by atoms with Crippen molar-refractivity contribution in [3.63, 3.8) is 0 Å². The zero-order chi connectivity index (χ0) is 24.3. The minimum absolute atomic E-state index is 0.129. The highest BCUT2D eigenvalue weighted by Crippen LogP contribution is 2.31. The molecular formula is C25H37ClN4OS. The van der Waals surface area contributed by atoms with Crippen molar-refractivity contribution in [2.75, 3.05) is 32.5 Å². The highest BCUT2D eigenvalue weighted by Gasteiger charge is 2.17. The van der Waals surface area contributed by atoms with Gasteiger partial charge in [0.15, 0.2) is 0 Å². The van der Waals surface area contributed by atoms with Gasteiger partial charge in [0.2, 0.25) is 0 Å². The molecule has 0 atom stereocenters. The number of aliphatic imine (C=N–C) groups is 1. The van der Waals surface area contributed by atoms with Gasteiger partial charge in [0.1, 0.15) is 18.1 Å². The molecule has 0 radical (unpaired) electrons. The maximum Gasteiger partial charge on any atom is 0.129 e. The fourth-order valence-electron chi connectivity index (χ4n) is 2.64. The zero-order valence-corrected chi connectivity index (χ0v) is 22.2. The predicted octanol–water partition coefficient (Wildman–Crippen LogP) is 7.15. The van der Waals surface area contributed by atoms with Crippen LogP contribution in [-0.2, 0) is 10.2 Å². The number of amidine groups is 1. The van der Waals surface area contributed by atoms with Crippen LogP contribution in [0.5, 0.6) is 0 Å². The van der Waals surface area contributed by atoms with Gasteiger partial charge in [-0.2, -0.15) is 0 Å². The molecule has 0 spiro atoms. The minimum Gasteiger partial charge on any atom is -0.377 e. The Kier molecular flexibility index (Phi) is 11.8. The first-order chi connectivity index (χ1) is 15.1. The smallest absolute Gasteiger partial charge is 0.129 e. The summed E-state index contributed by atoms with van der Waals surface area (Å²) in [6.45, 7) is 15.4. The second-order valence-electron chi connectivity index (χ2n) is 8.31. The maximum atomic E-state index is 6.19. The van der Waals surface area contributed by atoms with Crippen LogP contribution in [0.2, 0.25) is 5.02 Å². The van der Waals surface area contributed by atoms with Crippen LogP contribution in [0.15, 0.2) is 53.0 Å². The van der Waals surface area contributed by atoms with E-state index in [-0.39, 0.29) is 5.41 Å². The van der Waals surface area contributed by atoms with Crippen molar-refractivity contribution in [2.24, 2.45) is 4.99 Å². The summed E-state index contributed by atoms with van der Waals surface area (Å²) in [4.78, 5) is 11.7. The first-order valence-corrected chi connectivity index (χ1v) is 11.8. The molecule has 2 rings (SSSR count). The van der Waals surface area contributed by atoms with Gasteiger partial charge in [-0.25, -0.2) is 0 Å². The largest absolute Gasteiger partial charge is 0.377 e. The van der Waals surface area contributed by atoms with Crippen molar-refractivity contribution in [2.45, 2.75) is 51.3 Å². The van der Waals surface area contributed by atoms with Crippen LogP contribution in [0.25, 0.3) is 5.70 Å². The molecule has 0 fully saturated rings. The number of halogens is 1. The monoisotopic (exact) mass is 476 g/mol. The Hall–Kier alpha value is -2.02. The van der Waals surface area contributed by atoms with Crippen LogP contribution >= 0.6 is 23.5 Å². The Bertz CT molecular complexity index is 892. The number of benzene rings is 1. The molecule has 0 aliphatic heterocycles. The van der Waals surface area contributed by atoms with Crippen molar-refractivity contribution in [1.29, 1.82) is 0 Å². The van der Waals surface area contributed by atoms with Gasteiger partial charge < -0.3 is 14.4 Å². The van der Waals surface area contributed by atoms with Gasteiger partial charge in [0.05, 0.1) is 16.4 Å². The van der Waals surface area contributed by atoms with E-state index in [4.69, 9.17) is 16.3 Å². The fraction of sp³-hybridized carbons (Fsp3) is 0.440. The summed E-state index contributed by atoms with van der Waals surface area (Å²) >= 11 is 7.70. The molecule has 7 heteroatoms. The second-order valence-corrected chi connectivity index (χ2v) is 9.63. The normalized spacial score (nSPS) is 11.5. The molecule has 1 heterocycles. The van der Waals surface area contributed by atoms with E-state index in [9.17, 15) is 0 Å². The second kappa shape index (κ2) is 13.5. The lowest BCUT2D eigenvalue weighted by Gasteiger charge is -2.24. The average Bonchev–Trinajstić information content (AvgIpc) is 2.75. The number of hydrogen-bond donors (Lipinski definition) is 1. The van der Waals surface area contributed by atoms with Crippen LogP contribution in [0.4, 0.5) is 5.69 Å². The highest BCUT2D eigenvalue weighted by molar-refractivity contribution is 8.00. The number of rotatable bonds is 7. The molecule has 5 nitrogen and oxygen atoms in total. The predicted molar refractivity (Wildman–Crippen MR) is 142 cm³/mol. The summed E-state index contributed by atoms with van der Waals surface area (Å²) in [6.07, 6.45) is 2.86. The van der Waals surface area contributed by atoms with Gasteiger partial charge in [-0.1, -0.05) is 71.4 Å². The van der Waals surface area contributed by atoms with E-state index in [2.05, 4.69) is 80.2 Å². The fourth-order valence-corrected chi connectivity index (χ4v) is 3.45. The topological polar surface area (TPSA) is 49.8 Å². The van der Waals surface area contributed by atoms with Crippen molar-refractivity contribution in [3.8, 4) is 0 Å². The van der Waals surface area contributed by atoms with Crippen molar-refractivity contribution in [3.05, 3.63) is 59.4 Å². The Morgan fingerprint density at radius 1 is 1.25 bits per heavy atom. The van der Waals surface area contributed by atoms with Gasteiger partial charge in [-0.15, -0.1) is 0 Å². The van der Waals surface area contributed by atoms with Crippen molar-refractivity contribution in [1.82, 2.24) is 9.88 Å². The lowest BCUT2D eigenvalue weighted by molar-refractivity contribution is 0.238. The first kappa shape index (κ1) is 28.0. The maximum absolute atomic E-state index is 6.19. The van der Waals surface area contributed by atoms with Gasteiger partial charge in [0.25, 0.3) is 0 Å². The molecule has 1 aromatic carbocycles. The van der Waals surface area contributed by atoms with Crippen LogP contribution in [-0.4, -0.2) is 43.5 Å². The average molecular weight is 477 g/mol. The van der Waals surface area contributed by atoms with E-state index in [0.29, 0.717) is 23.0 Å². The zero-order valence-electron chi connectivity index (χ0n) is 20.6. The lowest BCUT2D eigenvalue weighted by Crippen LogP contribution is -2.29. The molecule has 1 N–H and O–H groups in total. The molecule has 0 saturated heterocycles. The summed E-state index contributed by atoms with van der Waals surface area (Å²) in [5, 5.41) is 0.552. The number of ether oxygens (including phenoxy) is 1. The quantitative estimate of drug-likeness (QED) is 0.261. The molecule has 0 aliphatic carbocycles. The Labute approximate surface area is 203 Å². The molecular weight excluding hydrogens is 440 g/mol. The number of methoxy groups -OCH3 is 1. The molecule has 2 aromatic rings. The first-order valence-electron chi connectivity index (χ1n) is 10.6. The van der Waals surface area contributed by atoms with Crippen LogP contribution in [0, 0.1) is 0 Å². The Morgan fingerprint density at radius 3 is 2.34 bits per heavy atom. The van der Waals surface area contributed by atoms with Crippen molar-refractivity contribution >= 4 is 40.8 Å². The van der Waals surface area contributed by atoms with E-state index in [1.54, 1.807) is 20.4 Å². The third-order valence-corrected chi connectivity index (χ3v) is 5.49. The molecule has 32 heavy (non-hydrogen) atoms. The number of pyridine rings is 1. The van der Waals surface area contributed by atoms with Gasteiger partial charge in [0, 0.05) is 32.3 Å². The SMILES string of the molecule is C=C(c1ncc(Cl)cc1NSc1ccc(C(C)(C)C)cc1)N(C)C(COC)=NC.CCC. The van der Waals surface area contributed by atoms with Crippen molar-refractivity contribution < 1.29 is 4.74 Å². The van der Waals surface area contributed by atoms with Gasteiger partial charge in [-0.3, -0.25) is 9.98 Å². The highest BCUT2D eigenvalue weighted by atomic mass is 35.5. The summed E-state index contributed by atoms with van der Waals surface area (Å²) in [5.41, 5.74) is 3.61. The molecule has 0 amide bonds. The van der Waals surface area contributed by atoms with E-state index in [0.717, 1.165) is 16.4 Å². The number of hydrogen-bond acceptors (Lipinski definition) is 5. The number of aromatic nitrogens is 1. The number of likely N-dealkylation sites (N-methyl/N-ethyl adjacent to an activating group) is 1. The third kappa shape index (κ3) is 8.49. The van der Waals surface area contributed by atoms with Crippen LogP contribution in [0.3, 0.4) is 0 Å². The number of nitrogens with one attached hydrogen (secondary N) is 1. The summed E-state index contributed by atoms with van der Waals surface area (Å²) < 4.78 is 8.58. The van der Waals surface area contributed by atoms with Crippen LogP contribution < -0.4 is 4.72 Å².